The number of benzene rings is 2. The van der Waals surface area contributed by atoms with Gasteiger partial charge in [-0.2, -0.15) is 0 Å². The molecule has 1 aliphatic heterocycles. The number of aryl methyl sites for hydroxylation is 2. The Bertz CT molecular complexity index is 1240. The van der Waals surface area contributed by atoms with Crippen LogP contribution in [0.4, 0.5) is 11.4 Å². The second kappa shape index (κ2) is 11.0. The molecule has 2 heterocycles. The molecular formula is C25H26ClN5O3S. The molecule has 8 nitrogen and oxygen atoms in total. The maximum absolute atomic E-state index is 12.9. The molecule has 0 aliphatic carbocycles. The van der Waals surface area contributed by atoms with Crippen molar-refractivity contribution < 1.29 is 14.4 Å². The van der Waals surface area contributed by atoms with E-state index in [4.69, 9.17) is 11.6 Å². The predicted molar refractivity (Wildman–Crippen MR) is 137 cm³/mol. The minimum Gasteiger partial charge on any atom is -0.337 e. The van der Waals surface area contributed by atoms with Crippen LogP contribution < -0.4 is 10.6 Å². The summed E-state index contributed by atoms with van der Waals surface area (Å²) in [6.45, 7) is 5.03. The smallest absolute Gasteiger partial charge is 0.286 e. The van der Waals surface area contributed by atoms with Gasteiger partial charge in [0.1, 0.15) is 0 Å². The molecule has 2 N–H and O–H groups in total. The maximum Gasteiger partial charge on any atom is 0.286 e. The van der Waals surface area contributed by atoms with Gasteiger partial charge >= 0.3 is 0 Å². The summed E-state index contributed by atoms with van der Waals surface area (Å²) in [5.74, 6) is -0.480. The summed E-state index contributed by atoms with van der Waals surface area (Å²) >= 11 is 6.82. The molecule has 1 aromatic heterocycles. The van der Waals surface area contributed by atoms with Crippen molar-refractivity contribution in [2.45, 2.75) is 33.1 Å². The third kappa shape index (κ3) is 6.43. The highest BCUT2D eigenvalue weighted by Crippen LogP contribution is 2.25. The summed E-state index contributed by atoms with van der Waals surface area (Å²) in [7, 11) is 0. The Morgan fingerprint density at radius 3 is 2.40 bits per heavy atom. The first-order valence-corrected chi connectivity index (χ1v) is 12.5. The van der Waals surface area contributed by atoms with Crippen LogP contribution in [0, 0.1) is 19.8 Å². The van der Waals surface area contributed by atoms with E-state index in [1.165, 1.54) is 0 Å². The molecule has 35 heavy (non-hydrogen) atoms. The fraction of sp³-hybridized carbons (Fsp3) is 0.320. The first-order chi connectivity index (χ1) is 16.8. The van der Waals surface area contributed by atoms with Crippen molar-refractivity contribution in [1.29, 1.82) is 0 Å². The zero-order chi connectivity index (χ0) is 24.9. The van der Waals surface area contributed by atoms with Gasteiger partial charge in [0.2, 0.25) is 15.9 Å². The number of anilines is 2. The van der Waals surface area contributed by atoms with Crippen LogP contribution in [-0.4, -0.2) is 45.9 Å². The number of likely N-dealkylation sites (tertiary alicyclic amines) is 1. The molecule has 0 spiro atoms. The average molecular weight is 512 g/mol. The van der Waals surface area contributed by atoms with Crippen LogP contribution in [0.5, 0.6) is 0 Å². The van der Waals surface area contributed by atoms with Gasteiger partial charge in [0, 0.05) is 35.9 Å². The Hall–Kier alpha value is -3.30. The monoisotopic (exact) mass is 511 g/mol. The standard InChI is InChI=1S/C25H26ClN5O3S/c1-15-3-4-16(2)20(13-15)28-21(32)14-17-9-11-31(12-10-17)25(34)24-30-29-23(35-24)22(33)27-19-7-5-18(26)6-8-19/h3-8,13,17H,9-12,14H2,1-2H3,(H,27,33)(H,28,32). The van der Waals surface area contributed by atoms with Crippen LogP contribution in [0.3, 0.4) is 0 Å². The Morgan fingerprint density at radius 1 is 1.00 bits per heavy atom. The first-order valence-electron chi connectivity index (χ1n) is 11.4. The summed E-state index contributed by atoms with van der Waals surface area (Å²) in [6, 6.07) is 12.7. The number of carbonyl (C=O) groups excluding carboxylic acids is 3. The van der Waals surface area contributed by atoms with Gasteiger partial charge in [0.25, 0.3) is 11.8 Å². The van der Waals surface area contributed by atoms with E-state index in [0.29, 0.717) is 30.2 Å². The highest BCUT2D eigenvalue weighted by molar-refractivity contribution is 7.15. The van der Waals surface area contributed by atoms with Crippen molar-refractivity contribution >= 4 is 52.0 Å². The van der Waals surface area contributed by atoms with Gasteiger partial charge in [-0.1, -0.05) is 35.1 Å². The largest absolute Gasteiger partial charge is 0.337 e. The number of hydrogen-bond acceptors (Lipinski definition) is 6. The topological polar surface area (TPSA) is 104 Å². The number of rotatable bonds is 6. The Labute approximate surface area is 212 Å². The molecule has 0 radical (unpaired) electrons. The van der Waals surface area contributed by atoms with E-state index in [-0.39, 0.29) is 27.7 Å². The summed E-state index contributed by atoms with van der Waals surface area (Å²) in [5, 5.41) is 14.4. The van der Waals surface area contributed by atoms with Gasteiger partial charge in [-0.3, -0.25) is 14.4 Å². The van der Waals surface area contributed by atoms with Crippen LogP contribution >= 0.6 is 22.9 Å². The molecule has 1 saturated heterocycles. The van der Waals surface area contributed by atoms with E-state index >= 15 is 0 Å². The molecule has 10 heteroatoms. The molecule has 4 rings (SSSR count). The normalized spacial score (nSPS) is 14.0. The molecule has 3 aromatic rings. The van der Waals surface area contributed by atoms with E-state index in [2.05, 4.69) is 20.8 Å². The quantitative estimate of drug-likeness (QED) is 0.487. The fourth-order valence-corrected chi connectivity index (χ4v) is 4.76. The Balaban J connectivity index is 1.27. The van der Waals surface area contributed by atoms with E-state index < -0.39 is 5.91 Å². The van der Waals surface area contributed by atoms with Gasteiger partial charge in [0.15, 0.2) is 0 Å². The number of piperidine rings is 1. The van der Waals surface area contributed by atoms with E-state index in [0.717, 1.165) is 41.0 Å². The lowest BCUT2D eigenvalue weighted by Gasteiger charge is -2.31. The summed E-state index contributed by atoms with van der Waals surface area (Å²) in [4.78, 5) is 39.6. The third-order valence-electron chi connectivity index (χ3n) is 5.95. The van der Waals surface area contributed by atoms with Crippen LogP contribution in [-0.2, 0) is 4.79 Å². The Morgan fingerprint density at radius 2 is 1.69 bits per heavy atom. The molecule has 0 unspecified atom stereocenters. The van der Waals surface area contributed by atoms with Crippen LogP contribution in [0.15, 0.2) is 42.5 Å². The molecule has 2 aromatic carbocycles. The van der Waals surface area contributed by atoms with Gasteiger partial charge in [-0.05, 0) is 74.1 Å². The highest BCUT2D eigenvalue weighted by atomic mass is 35.5. The molecule has 0 saturated carbocycles. The van der Waals surface area contributed by atoms with Gasteiger partial charge in [-0.25, -0.2) is 0 Å². The molecule has 1 fully saturated rings. The molecule has 3 amide bonds. The average Bonchev–Trinajstić information content (AvgIpc) is 3.33. The lowest BCUT2D eigenvalue weighted by molar-refractivity contribution is -0.117. The lowest BCUT2D eigenvalue weighted by atomic mass is 9.93. The van der Waals surface area contributed by atoms with Gasteiger partial charge < -0.3 is 15.5 Å². The van der Waals surface area contributed by atoms with Crippen molar-refractivity contribution in [3.63, 3.8) is 0 Å². The number of halogens is 1. The number of nitrogens with zero attached hydrogens (tertiary/aromatic N) is 3. The molecule has 182 valence electrons. The zero-order valence-electron chi connectivity index (χ0n) is 19.5. The number of nitrogens with one attached hydrogen (secondary N) is 2. The third-order valence-corrected chi connectivity index (χ3v) is 7.11. The fourth-order valence-electron chi connectivity index (χ4n) is 3.93. The second-order valence-corrected chi connectivity index (χ2v) is 10.1. The number of hydrogen-bond donors (Lipinski definition) is 2. The van der Waals surface area contributed by atoms with Crippen molar-refractivity contribution in [3.8, 4) is 0 Å². The van der Waals surface area contributed by atoms with E-state index in [9.17, 15) is 14.4 Å². The van der Waals surface area contributed by atoms with Crippen molar-refractivity contribution in [2.24, 2.45) is 5.92 Å². The predicted octanol–water partition coefficient (Wildman–Crippen LogP) is 4.94. The Kier molecular flexibility index (Phi) is 7.77. The van der Waals surface area contributed by atoms with E-state index in [1.54, 1.807) is 29.2 Å². The second-order valence-electron chi connectivity index (χ2n) is 8.68. The van der Waals surface area contributed by atoms with Crippen molar-refractivity contribution in [3.05, 3.63) is 68.6 Å². The lowest BCUT2D eigenvalue weighted by Crippen LogP contribution is -2.39. The van der Waals surface area contributed by atoms with Crippen LogP contribution in [0.1, 0.15) is 50.0 Å². The summed E-state index contributed by atoms with van der Waals surface area (Å²) < 4.78 is 0. The first kappa shape index (κ1) is 24.8. The maximum atomic E-state index is 12.9. The van der Waals surface area contributed by atoms with Gasteiger partial charge in [-0.15, -0.1) is 10.2 Å². The number of amides is 3. The number of carbonyl (C=O) groups is 3. The molecule has 0 atom stereocenters. The molecular weight excluding hydrogens is 486 g/mol. The van der Waals surface area contributed by atoms with Crippen LogP contribution in [0.25, 0.3) is 0 Å². The minimum atomic E-state index is -0.433. The number of aromatic nitrogens is 2. The van der Waals surface area contributed by atoms with Crippen molar-refractivity contribution in [2.75, 3.05) is 23.7 Å². The zero-order valence-corrected chi connectivity index (χ0v) is 21.1. The highest BCUT2D eigenvalue weighted by Gasteiger charge is 2.28. The molecule has 0 bridgehead atoms. The van der Waals surface area contributed by atoms with Crippen molar-refractivity contribution in [1.82, 2.24) is 15.1 Å². The van der Waals surface area contributed by atoms with Crippen LogP contribution in [0.2, 0.25) is 5.02 Å². The summed E-state index contributed by atoms with van der Waals surface area (Å²) in [6.07, 6.45) is 1.88. The molecule has 1 aliphatic rings. The van der Waals surface area contributed by atoms with Gasteiger partial charge in [0.05, 0.1) is 0 Å². The SMILES string of the molecule is Cc1ccc(C)c(NC(=O)CC2CCN(C(=O)c3nnc(C(=O)Nc4ccc(Cl)cc4)s3)CC2)c1. The van der Waals surface area contributed by atoms with E-state index in [1.807, 2.05) is 32.0 Å². The summed E-state index contributed by atoms with van der Waals surface area (Å²) in [5.41, 5.74) is 3.54. The minimum absolute atomic E-state index is 0.0102.